The summed E-state index contributed by atoms with van der Waals surface area (Å²) in [5.74, 6) is 1.89. The van der Waals surface area contributed by atoms with E-state index in [4.69, 9.17) is 9.47 Å². The van der Waals surface area contributed by atoms with Gasteiger partial charge in [-0.2, -0.15) is 0 Å². The molecular formula is C26H36N2O3. The number of aromatic nitrogens is 1. The van der Waals surface area contributed by atoms with Gasteiger partial charge in [-0.05, 0) is 75.4 Å². The molecule has 0 aliphatic carbocycles. The van der Waals surface area contributed by atoms with Crippen molar-refractivity contribution in [2.45, 2.75) is 59.3 Å². The third-order valence-electron chi connectivity index (χ3n) is 4.99. The van der Waals surface area contributed by atoms with Crippen LogP contribution in [0.5, 0.6) is 11.5 Å². The molecule has 0 aliphatic rings. The lowest BCUT2D eigenvalue weighted by atomic mass is 10.1. The molecule has 0 saturated carbocycles. The highest BCUT2D eigenvalue weighted by Gasteiger charge is 2.07. The first-order valence-corrected chi connectivity index (χ1v) is 11.1. The monoisotopic (exact) mass is 424 g/mol. The third kappa shape index (κ3) is 9.24. The van der Waals surface area contributed by atoms with Crippen molar-refractivity contribution in [1.82, 2.24) is 4.98 Å². The maximum atomic E-state index is 6.06. The number of aryl methyl sites for hydroxylation is 3. The fourth-order valence-electron chi connectivity index (χ4n) is 3.35. The molecule has 0 atom stereocenters. The second-order valence-corrected chi connectivity index (χ2v) is 7.63. The molecule has 0 saturated heterocycles. The largest absolute Gasteiger partial charge is 0.493 e. The Morgan fingerprint density at radius 2 is 1.71 bits per heavy atom. The van der Waals surface area contributed by atoms with Crippen LogP contribution in [0.4, 0.5) is 0 Å². The highest BCUT2D eigenvalue weighted by atomic mass is 16.6. The summed E-state index contributed by atoms with van der Waals surface area (Å²) in [5, 5.41) is 3.75. The smallest absolute Gasteiger partial charge is 0.125 e. The lowest BCUT2D eigenvalue weighted by Gasteiger charge is -2.14. The second kappa shape index (κ2) is 14.2. The lowest BCUT2D eigenvalue weighted by molar-refractivity contribution is 0.215. The summed E-state index contributed by atoms with van der Waals surface area (Å²) in [4.78, 5) is 9.16. The Balaban J connectivity index is 1.60. The summed E-state index contributed by atoms with van der Waals surface area (Å²) in [5.41, 5.74) is 4.33. The van der Waals surface area contributed by atoms with Crippen LogP contribution in [0, 0.1) is 13.8 Å². The first kappa shape index (κ1) is 24.4. The van der Waals surface area contributed by atoms with Crippen LogP contribution in [0.1, 0.15) is 61.4 Å². The Morgan fingerprint density at radius 1 is 0.968 bits per heavy atom. The molecule has 1 aromatic heterocycles. The molecule has 0 unspecified atom stereocenters. The molecule has 2 aromatic rings. The van der Waals surface area contributed by atoms with Gasteiger partial charge in [-0.1, -0.05) is 36.6 Å². The zero-order valence-corrected chi connectivity index (χ0v) is 19.4. The average Bonchev–Trinajstić information content (AvgIpc) is 2.76. The van der Waals surface area contributed by atoms with Crippen molar-refractivity contribution in [2.75, 3.05) is 20.3 Å². The van der Waals surface area contributed by atoms with Crippen LogP contribution in [0.25, 0.3) is 0 Å². The molecule has 2 rings (SSSR count). The number of hydrogen-bond acceptors (Lipinski definition) is 5. The minimum absolute atomic E-state index is 0.597. The Bertz CT molecular complexity index is 806. The minimum Gasteiger partial charge on any atom is -0.493 e. The van der Waals surface area contributed by atoms with Crippen LogP contribution in [0.2, 0.25) is 0 Å². The minimum atomic E-state index is 0.597. The van der Waals surface area contributed by atoms with Gasteiger partial charge in [0.05, 0.1) is 12.8 Å². The number of allylic oxidation sites excluding steroid dienone is 1. The number of unbranched alkanes of at least 4 members (excludes halogenated alkanes) is 4. The van der Waals surface area contributed by atoms with Gasteiger partial charge in [0, 0.05) is 17.5 Å². The van der Waals surface area contributed by atoms with Gasteiger partial charge < -0.3 is 14.3 Å². The summed E-state index contributed by atoms with van der Waals surface area (Å²) in [6.45, 7) is 7.51. The van der Waals surface area contributed by atoms with Gasteiger partial charge in [0.2, 0.25) is 0 Å². The van der Waals surface area contributed by atoms with Crippen molar-refractivity contribution in [3.63, 3.8) is 0 Å². The van der Waals surface area contributed by atoms with Gasteiger partial charge >= 0.3 is 0 Å². The van der Waals surface area contributed by atoms with Crippen molar-refractivity contribution in [2.24, 2.45) is 5.16 Å². The zero-order chi connectivity index (χ0) is 22.3. The van der Waals surface area contributed by atoms with Crippen LogP contribution in [-0.4, -0.2) is 31.5 Å². The van der Waals surface area contributed by atoms with Gasteiger partial charge in [-0.15, -0.1) is 0 Å². The molecule has 31 heavy (non-hydrogen) atoms. The van der Waals surface area contributed by atoms with Crippen LogP contribution in [0.15, 0.2) is 47.8 Å². The van der Waals surface area contributed by atoms with Crippen LogP contribution >= 0.6 is 0 Å². The van der Waals surface area contributed by atoms with E-state index in [0.29, 0.717) is 6.61 Å². The van der Waals surface area contributed by atoms with Crippen molar-refractivity contribution < 1.29 is 14.3 Å². The topological polar surface area (TPSA) is 52.9 Å². The molecule has 0 N–H and O–H groups in total. The number of ether oxygens (including phenoxy) is 2. The fourth-order valence-corrected chi connectivity index (χ4v) is 3.35. The summed E-state index contributed by atoms with van der Waals surface area (Å²) in [6, 6.07) is 8.19. The Kier molecular flexibility index (Phi) is 11.2. The molecule has 5 heteroatoms. The fraction of sp³-hybridized carbons (Fsp3) is 0.462. The quantitative estimate of drug-likeness (QED) is 0.157. The van der Waals surface area contributed by atoms with E-state index in [2.05, 4.69) is 47.0 Å². The summed E-state index contributed by atoms with van der Waals surface area (Å²) >= 11 is 0. The van der Waals surface area contributed by atoms with Crippen molar-refractivity contribution in [3.8, 4) is 11.5 Å². The zero-order valence-electron chi connectivity index (χ0n) is 19.4. The highest BCUT2D eigenvalue weighted by Crippen LogP contribution is 2.28. The highest BCUT2D eigenvalue weighted by molar-refractivity contribution is 5.78. The SMILES string of the molecule is C/C=C/COc1cc(C)c(OCCCCCCCc2ccc(C=NOC)cn2)c(C)c1. The number of hydrogen-bond donors (Lipinski definition) is 0. The van der Waals surface area contributed by atoms with Crippen LogP contribution in [0.3, 0.4) is 0 Å². The molecular weight excluding hydrogens is 388 g/mol. The number of benzene rings is 1. The average molecular weight is 425 g/mol. The Hall–Kier alpha value is -2.82. The summed E-state index contributed by atoms with van der Waals surface area (Å²) in [7, 11) is 1.53. The molecule has 0 spiro atoms. The van der Waals surface area contributed by atoms with Gasteiger partial charge in [0.1, 0.15) is 25.2 Å². The number of oxime groups is 1. The molecule has 1 heterocycles. The molecule has 0 aliphatic heterocycles. The molecule has 0 bridgehead atoms. The molecule has 0 radical (unpaired) electrons. The summed E-state index contributed by atoms with van der Waals surface area (Å²) in [6.07, 6.45) is 14.3. The molecule has 0 amide bonds. The summed E-state index contributed by atoms with van der Waals surface area (Å²) < 4.78 is 11.8. The predicted molar refractivity (Wildman–Crippen MR) is 127 cm³/mol. The van der Waals surface area contributed by atoms with Gasteiger partial charge in [-0.25, -0.2) is 0 Å². The van der Waals surface area contributed by atoms with Crippen molar-refractivity contribution >= 4 is 6.21 Å². The van der Waals surface area contributed by atoms with Gasteiger partial charge in [0.15, 0.2) is 0 Å². The molecule has 1 aromatic carbocycles. The maximum absolute atomic E-state index is 6.06. The first-order valence-electron chi connectivity index (χ1n) is 11.1. The van der Waals surface area contributed by atoms with E-state index >= 15 is 0 Å². The van der Waals surface area contributed by atoms with Gasteiger partial charge in [-0.3, -0.25) is 4.98 Å². The normalized spacial score (nSPS) is 11.4. The number of rotatable bonds is 14. The predicted octanol–water partition coefficient (Wildman–Crippen LogP) is 6.21. The van der Waals surface area contributed by atoms with E-state index in [1.807, 2.05) is 31.3 Å². The van der Waals surface area contributed by atoms with Crippen LogP contribution in [-0.2, 0) is 11.3 Å². The molecule has 5 nitrogen and oxygen atoms in total. The maximum Gasteiger partial charge on any atom is 0.125 e. The second-order valence-electron chi connectivity index (χ2n) is 7.63. The number of pyridine rings is 1. The van der Waals surface area contributed by atoms with E-state index < -0.39 is 0 Å². The van der Waals surface area contributed by atoms with E-state index in [-0.39, 0.29) is 0 Å². The van der Waals surface area contributed by atoms with E-state index in [0.717, 1.165) is 59.8 Å². The standard InChI is InChI=1S/C26H36N2O3/c1-5-6-15-30-25-17-21(2)26(22(3)18-25)31-16-11-9-7-8-10-12-24-14-13-23(19-27-24)20-28-29-4/h5-6,13-14,17-20H,7-12,15-16H2,1-4H3/b6-5+,28-20?. The van der Waals surface area contributed by atoms with Crippen molar-refractivity contribution in [1.29, 1.82) is 0 Å². The first-order chi connectivity index (χ1) is 15.1. The van der Waals surface area contributed by atoms with E-state index in [1.54, 1.807) is 6.21 Å². The Labute approximate surface area is 187 Å². The number of nitrogens with zero attached hydrogens (tertiary/aromatic N) is 2. The third-order valence-corrected chi connectivity index (χ3v) is 4.99. The Morgan fingerprint density at radius 3 is 2.39 bits per heavy atom. The lowest BCUT2D eigenvalue weighted by Crippen LogP contribution is -2.02. The van der Waals surface area contributed by atoms with Crippen molar-refractivity contribution in [3.05, 3.63) is 65.0 Å². The molecule has 168 valence electrons. The van der Waals surface area contributed by atoms with Crippen LogP contribution < -0.4 is 9.47 Å². The van der Waals surface area contributed by atoms with Gasteiger partial charge in [0.25, 0.3) is 0 Å². The molecule has 0 fully saturated rings. The van der Waals surface area contributed by atoms with E-state index in [9.17, 15) is 0 Å². The van der Waals surface area contributed by atoms with E-state index in [1.165, 1.54) is 26.4 Å².